The number of rotatable bonds is 7. The topological polar surface area (TPSA) is 137 Å². The van der Waals surface area contributed by atoms with Crippen LogP contribution in [0.1, 0.15) is 54.9 Å². The minimum atomic E-state index is -3.90. The fourth-order valence-corrected chi connectivity index (χ4v) is 6.67. The van der Waals surface area contributed by atoms with Gasteiger partial charge in [0.05, 0.1) is 29.9 Å². The van der Waals surface area contributed by atoms with Crippen molar-refractivity contribution in [3.8, 4) is 0 Å². The minimum absolute atomic E-state index is 0.0248. The van der Waals surface area contributed by atoms with Crippen molar-refractivity contribution >= 4 is 46.0 Å². The van der Waals surface area contributed by atoms with Gasteiger partial charge in [-0.1, -0.05) is 41.5 Å². The number of nitrogens with one attached hydrogen (secondary N) is 2. The zero-order chi connectivity index (χ0) is 27.3. The fourth-order valence-electron chi connectivity index (χ4n) is 4.31. The van der Waals surface area contributed by atoms with Crippen LogP contribution in [0, 0.1) is 10.8 Å². The molecule has 0 aromatic heterocycles. The smallest absolute Gasteiger partial charge is 0.348 e. The lowest BCUT2D eigenvalue weighted by Crippen LogP contribution is -2.45. The first-order chi connectivity index (χ1) is 16.4. The second-order valence-corrected chi connectivity index (χ2v) is 15.2. The molecule has 2 atom stereocenters. The maximum Gasteiger partial charge on any atom is 0.348 e. The normalized spacial score (nSPS) is 22.9. The Kier molecular flexibility index (Phi) is 7.45. The highest BCUT2D eigenvalue weighted by Gasteiger charge is 2.48. The Morgan fingerprint density at radius 3 is 2.39 bits per heavy atom. The zero-order valence-electron chi connectivity index (χ0n) is 22.2. The molecule has 2 heterocycles. The largest absolute Gasteiger partial charge is 0.509 e. The van der Waals surface area contributed by atoms with Gasteiger partial charge in [0, 0.05) is 12.2 Å². The molecule has 3 N–H and O–H groups in total. The molecule has 3 rings (SSSR count). The van der Waals surface area contributed by atoms with Gasteiger partial charge in [0.1, 0.15) is 11.3 Å². The lowest BCUT2D eigenvalue weighted by molar-refractivity contribution is -0.128. The van der Waals surface area contributed by atoms with Crippen molar-refractivity contribution in [1.82, 2.24) is 4.90 Å². The van der Waals surface area contributed by atoms with E-state index in [1.165, 1.54) is 12.1 Å². The number of benzene rings is 1. The first kappa shape index (κ1) is 28.2. The average Bonchev–Trinajstić information content (AvgIpc) is 2.95. The molecule has 0 aliphatic carbocycles. The second-order valence-electron chi connectivity index (χ2n) is 11.5. The molecule has 2 unspecified atom stereocenters. The summed E-state index contributed by atoms with van der Waals surface area (Å²) in [7, 11) is -7.47. The maximum absolute atomic E-state index is 13.9. The van der Waals surface area contributed by atoms with E-state index >= 15 is 0 Å². The van der Waals surface area contributed by atoms with Gasteiger partial charge in [0.2, 0.25) is 10.0 Å². The van der Waals surface area contributed by atoms with Crippen LogP contribution in [0.15, 0.2) is 34.3 Å². The third-order valence-corrected chi connectivity index (χ3v) is 8.51. The van der Waals surface area contributed by atoms with Crippen molar-refractivity contribution in [2.75, 3.05) is 29.4 Å². The number of hydrogen-bond donors (Lipinski definition) is 3. The van der Waals surface area contributed by atoms with Crippen molar-refractivity contribution in [3.63, 3.8) is 0 Å². The van der Waals surface area contributed by atoms with Gasteiger partial charge >= 0.3 is 7.52 Å². The van der Waals surface area contributed by atoms with Gasteiger partial charge in [-0.05, 0) is 42.4 Å². The standard InChI is InChI=1S/C24H37N4O6PS/c1-9-34-35(31)17-14-15(27-36(8,32)33)10-11-16(17)25-21(26-35)18-19(29)20(24(5,6)7)28(22(18)30)13-12-23(2,3)4/h10-11,14,20,27,29H,9,12-13H2,1-8H3,(H,25,26,31). The number of carbonyl (C=O) groups excluding carboxylic acids is 1. The summed E-state index contributed by atoms with van der Waals surface area (Å²) in [4.78, 5) is 15.3. The SMILES string of the molecule is CCOP1(=O)N=C(C2=C(O)C(C(C)(C)C)N(CCC(C)(C)C)C2=O)Nc2ccc(NS(C)(=O)=O)cc21. The molecule has 1 amide bonds. The Bertz CT molecular complexity index is 1270. The molecule has 0 radical (unpaired) electrons. The second kappa shape index (κ2) is 9.50. The Hall–Kier alpha value is -2.36. The van der Waals surface area contributed by atoms with E-state index in [4.69, 9.17) is 4.52 Å². The highest BCUT2D eigenvalue weighted by Crippen LogP contribution is 2.53. The molecule has 10 nitrogen and oxygen atoms in total. The quantitative estimate of drug-likeness (QED) is 0.440. The molecule has 36 heavy (non-hydrogen) atoms. The van der Waals surface area contributed by atoms with Gasteiger partial charge in [0.25, 0.3) is 5.91 Å². The lowest BCUT2D eigenvalue weighted by Gasteiger charge is -2.36. The summed E-state index contributed by atoms with van der Waals surface area (Å²) >= 11 is 0. The minimum Gasteiger partial charge on any atom is -0.509 e. The van der Waals surface area contributed by atoms with E-state index in [-0.39, 0.29) is 40.2 Å². The highest BCUT2D eigenvalue weighted by atomic mass is 32.2. The van der Waals surface area contributed by atoms with Crippen molar-refractivity contribution < 1.29 is 27.4 Å². The fraction of sp³-hybridized carbons (Fsp3) is 0.583. The van der Waals surface area contributed by atoms with Gasteiger partial charge < -0.3 is 19.8 Å². The number of carbonyl (C=O) groups is 1. The van der Waals surface area contributed by atoms with E-state index < -0.39 is 34.9 Å². The predicted octanol–water partition coefficient (Wildman–Crippen LogP) is 4.24. The Morgan fingerprint density at radius 2 is 1.86 bits per heavy atom. The molecule has 0 spiro atoms. The van der Waals surface area contributed by atoms with E-state index in [9.17, 15) is 22.9 Å². The monoisotopic (exact) mass is 540 g/mol. The molecule has 0 saturated heterocycles. The van der Waals surface area contributed by atoms with E-state index in [2.05, 4.69) is 35.6 Å². The number of sulfonamides is 1. The van der Waals surface area contributed by atoms with Gasteiger partial charge in [-0.3, -0.25) is 14.1 Å². The van der Waals surface area contributed by atoms with Crippen LogP contribution in [0.25, 0.3) is 0 Å². The summed E-state index contributed by atoms with van der Waals surface area (Å²) in [6, 6.07) is 3.86. The molecular formula is C24H37N4O6PS. The van der Waals surface area contributed by atoms with Gasteiger partial charge in [-0.2, -0.15) is 4.76 Å². The number of fused-ring (bicyclic) bond motifs is 1. The van der Waals surface area contributed by atoms with Gasteiger partial charge in [0.15, 0.2) is 5.84 Å². The van der Waals surface area contributed by atoms with Crippen molar-refractivity contribution in [3.05, 3.63) is 29.5 Å². The molecule has 12 heteroatoms. The van der Waals surface area contributed by atoms with Gasteiger partial charge in [-0.15, -0.1) is 0 Å². The first-order valence-electron chi connectivity index (χ1n) is 11.8. The summed E-state index contributed by atoms with van der Waals surface area (Å²) in [6.07, 6.45) is 1.74. The Balaban J connectivity index is 2.10. The van der Waals surface area contributed by atoms with Crippen LogP contribution < -0.4 is 15.3 Å². The lowest BCUT2D eigenvalue weighted by atomic mass is 9.84. The van der Waals surface area contributed by atoms with E-state index in [1.807, 2.05) is 20.8 Å². The summed E-state index contributed by atoms with van der Waals surface area (Å²) in [6.45, 7) is 14.3. The van der Waals surface area contributed by atoms with Crippen LogP contribution in [-0.2, 0) is 23.9 Å². The van der Waals surface area contributed by atoms with Crippen LogP contribution >= 0.6 is 7.52 Å². The third kappa shape index (κ3) is 5.95. The zero-order valence-corrected chi connectivity index (χ0v) is 23.9. The Morgan fingerprint density at radius 1 is 1.22 bits per heavy atom. The summed E-state index contributed by atoms with van der Waals surface area (Å²) in [5, 5.41) is 14.5. The highest BCUT2D eigenvalue weighted by molar-refractivity contribution is 7.92. The molecule has 1 aromatic rings. The van der Waals surface area contributed by atoms with Crippen LogP contribution in [0.5, 0.6) is 0 Å². The third-order valence-electron chi connectivity index (χ3n) is 5.86. The van der Waals surface area contributed by atoms with Crippen LogP contribution in [0.2, 0.25) is 0 Å². The number of amidine groups is 1. The predicted molar refractivity (Wildman–Crippen MR) is 144 cm³/mol. The van der Waals surface area contributed by atoms with E-state index in [0.29, 0.717) is 12.2 Å². The number of hydrogen-bond acceptors (Lipinski definition) is 7. The van der Waals surface area contributed by atoms with Crippen molar-refractivity contribution in [2.24, 2.45) is 15.6 Å². The van der Waals surface area contributed by atoms with Gasteiger partial charge in [-0.25, -0.2) is 8.42 Å². The summed E-state index contributed by atoms with van der Waals surface area (Å²) < 4.78 is 49.5. The van der Waals surface area contributed by atoms with Crippen LogP contribution in [0.3, 0.4) is 0 Å². The first-order valence-corrected chi connectivity index (χ1v) is 15.3. The number of nitrogens with zero attached hydrogens (tertiary/aromatic N) is 2. The molecule has 2 aliphatic rings. The maximum atomic E-state index is 13.9. The number of aliphatic hydroxyl groups excluding tert-OH is 1. The average molecular weight is 541 g/mol. The van der Waals surface area contributed by atoms with Crippen LogP contribution in [-0.4, -0.2) is 55.6 Å². The van der Waals surface area contributed by atoms with Crippen molar-refractivity contribution in [1.29, 1.82) is 0 Å². The number of anilines is 2. The molecule has 0 saturated carbocycles. The van der Waals surface area contributed by atoms with E-state index in [0.717, 1.165) is 12.7 Å². The molecule has 1 aromatic carbocycles. The summed E-state index contributed by atoms with van der Waals surface area (Å²) in [5.74, 6) is -0.558. The van der Waals surface area contributed by atoms with Crippen molar-refractivity contribution in [2.45, 2.75) is 60.9 Å². The summed E-state index contributed by atoms with van der Waals surface area (Å²) in [5.41, 5.74) is 0.0275. The molecule has 2 aliphatic heterocycles. The van der Waals surface area contributed by atoms with E-state index in [1.54, 1.807) is 17.9 Å². The number of amides is 1. The Labute approximate surface area is 213 Å². The molecule has 200 valence electrons. The molecule has 0 bridgehead atoms. The van der Waals surface area contributed by atoms with Crippen LogP contribution in [0.4, 0.5) is 11.4 Å². The number of aliphatic hydroxyl groups is 1. The molecule has 0 fully saturated rings. The molecular weight excluding hydrogens is 503 g/mol.